The molecule has 0 unspecified atom stereocenters. The number of Topliss-reactive ketones (excluding diaryl/α,β-unsaturated/α-hetero) is 1. The molecule has 0 fully saturated rings. The second-order valence-electron chi connectivity index (χ2n) is 9.42. The van der Waals surface area contributed by atoms with Crippen molar-refractivity contribution in [3.05, 3.63) is 125 Å². The van der Waals surface area contributed by atoms with Gasteiger partial charge in [-0.25, -0.2) is 0 Å². The quantitative estimate of drug-likeness (QED) is 0.161. The highest BCUT2D eigenvalue weighted by atomic mass is 16.5. The topological polar surface area (TPSA) is 71.1 Å². The summed E-state index contributed by atoms with van der Waals surface area (Å²) in [7, 11) is 1.64. The van der Waals surface area contributed by atoms with Crippen LogP contribution in [0, 0.1) is 0 Å². The van der Waals surface area contributed by atoms with Crippen LogP contribution in [-0.2, 0) is 11.2 Å². The number of esters is 1. The van der Waals surface area contributed by atoms with E-state index in [0.29, 0.717) is 41.4 Å². The second-order valence-corrected chi connectivity index (χ2v) is 9.42. The third-order valence-corrected chi connectivity index (χ3v) is 6.98. The van der Waals surface area contributed by atoms with E-state index >= 15 is 0 Å². The predicted molar refractivity (Wildman–Crippen MR) is 147 cm³/mol. The first-order valence-electron chi connectivity index (χ1n) is 12.8. The molecule has 1 atom stereocenters. The number of carbonyl (C=O) groups excluding carboxylic acids is 2. The number of ketones is 1. The molecule has 4 aromatic rings. The summed E-state index contributed by atoms with van der Waals surface area (Å²) in [4.78, 5) is 25.9. The number of rotatable bonds is 7. The van der Waals surface area contributed by atoms with Crippen LogP contribution in [-0.4, -0.2) is 25.5 Å². The van der Waals surface area contributed by atoms with Gasteiger partial charge in [-0.1, -0.05) is 60.7 Å². The van der Waals surface area contributed by atoms with E-state index in [1.54, 1.807) is 25.3 Å². The van der Waals surface area contributed by atoms with Crippen molar-refractivity contribution in [3.63, 3.8) is 0 Å². The van der Waals surface area contributed by atoms with E-state index in [9.17, 15) is 9.59 Å². The summed E-state index contributed by atoms with van der Waals surface area (Å²) < 4.78 is 23.2. The molecule has 6 rings (SSSR count). The first kappa shape index (κ1) is 24.5. The van der Waals surface area contributed by atoms with Gasteiger partial charge in [0.05, 0.1) is 25.7 Å². The van der Waals surface area contributed by atoms with E-state index in [-0.39, 0.29) is 23.9 Å². The highest BCUT2D eigenvalue weighted by Gasteiger charge is 2.39. The molecular formula is C33H26O6. The van der Waals surface area contributed by atoms with Crippen molar-refractivity contribution in [2.75, 3.05) is 13.7 Å². The van der Waals surface area contributed by atoms with Gasteiger partial charge >= 0.3 is 5.97 Å². The number of hydrogen-bond donors (Lipinski definition) is 0. The third-order valence-electron chi connectivity index (χ3n) is 6.98. The Kier molecular flexibility index (Phi) is 6.59. The first-order valence-corrected chi connectivity index (χ1v) is 12.8. The minimum atomic E-state index is -0.391. The van der Waals surface area contributed by atoms with Crippen LogP contribution in [0.3, 0.4) is 0 Å². The Bertz CT molecular complexity index is 1570. The van der Waals surface area contributed by atoms with Crippen LogP contribution < -0.4 is 18.9 Å². The molecule has 0 saturated heterocycles. The molecule has 0 N–H and O–H groups in total. The molecule has 4 aromatic carbocycles. The first-order chi connectivity index (χ1) is 19.1. The van der Waals surface area contributed by atoms with E-state index in [4.69, 9.17) is 18.9 Å². The fourth-order valence-electron chi connectivity index (χ4n) is 5.04. The summed E-state index contributed by atoms with van der Waals surface area (Å²) in [6.07, 6.45) is 2.55. The van der Waals surface area contributed by atoms with Crippen molar-refractivity contribution >= 4 is 17.8 Å². The normalized spacial score (nSPS) is 16.7. The molecule has 0 aromatic heterocycles. The molecule has 0 saturated carbocycles. The van der Waals surface area contributed by atoms with Gasteiger partial charge in [0.2, 0.25) is 5.78 Å². The van der Waals surface area contributed by atoms with Crippen molar-refractivity contribution in [1.29, 1.82) is 0 Å². The maximum Gasteiger partial charge on any atom is 0.312 e. The van der Waals surface area contributed by atoms with Crippen LogP contribution in [0.2, 0.25) is 0 Å². The Morgan fingerprint density at radius 2 is 1.64 bits per heavy atom. The van der Waals surface area contributed by atoms with Crippen LogP contribution >= 0.6 is 0 Å². The Morgan fingerprint density at radius 3 is 2.44 bits per heavy atom. The fraction of sp³-hybridized carbons (Fsp3) is 0.152. The molecular weight excluding hydrogens is 492 g/mol. The maximum atomic E-state index is 13.2. The summed E-state index contributed by atoms with van der Waals surface area (Å²) >= 11 is 0. The van der Waals surface area contributed by atoms with E-state index in [1.165, 1.54) is 0 Å². The molecule has 6 heteroatoms. The Hall–Kier alpha value is -4.84. The Morgan fingerprint density at radius 1 is 0.872 bits per heavy atom. The average molecular weight is 519 g/mol. The zero-order chi connectivity index (χ0) is 26.8. The standard InChI is InChI=1S/C33H26O6/c1-36-23-13-11-21(12-14-23)17-18-37-27-10-6-5-9-24(27)26-20-30(34)38-28-16-15-25-32(35)29(39-33(25)31(26)28)19-22-7-3-2-4-8-22/h2-16,19,26H,17-18,20H2,1H3/b29-19-/t26-/m1/s1. The van der Waals surface area contributed by atoms with Crippen LogP contribution in [0.5, 0.6) is 23.0 Å². The lowest BCUT2D eigenvalue weighted by Gasteiger charge is -2.27. The number of ether oxygens (including phenoxy) is 4. The fourth-order valence-corrected chi connectivity index (χ4v) is 5.04. The van der Waals surface area contributed by atoms with Gasteiger partial charge in [-0.05, 0) is 47.5 Å². The van der Waals surface area contributed by atoms with Gasteiger partial charge in [0, 0.05) is 23.5 Å². The lowest BCUT2D eigenvalue weighted by molar-refractivity contribution is -0.135. The van der Waals surface area contributed by atoms with Crippen molar-refractivity contribution in [2.45, 2.75) is 18.8 Å². The number of fused-ring (bicyclic) bond motifs is 3. The van der Waals surface area contributed by atoms with Gasteiger partial charge in [0.1, 0.15) is 23.0 Å². The zero-order valence-corrected chi connectivity index (χ0v) is 21.4. The maximum absolute atomic E-state index is 13.2. The van der Waals surface area contributed by atoms with E-state index in [2.05, 4.69) is 0 Å². The van der Waals surface area contributed by atoms with Gasteiger partial charge in [0.25, 0.3) is 0 Å². The average Bonchev–Trinajstić information content (AvgIpc) is 3.28. The van der Waals surface area contributed by atoms with E-state index < -0.39 is 5.92 Å². The number of carbonyl (C=O) groups is 2. The van der Waals surface area contributed by atoms with Gasteiger partial charge < -0.3 is 18.9 Å². The minimum Gasteiger partial charge on any atom is -0.497 e. The van der Waals surface area contributed by atoms with Crippen LogP contribution in [0.25, 0.3) is 6.08 Å². The third kappa shape index (κ3) is 4.89. The van der Waals surface area contributed by atoms with E-state index in [1.807, 2.05) is 78.9 Å². The lowest BCUT2D eigenvalue weighted by atomic mass is 9.84. The van der Waals surface area contributed by atoms with Gasteiger partial charge in [0.15, 0.2) is 5.76 Å². The summed E-state index contributed by atoms with van der Waals surface area (Å²) in [5.41, 5.74) is 3.97. The Labute approximate surface area is 226 Å². The largest absolute Gasteiger partial charge is 0.497 e. The monoisotopic (exact) mass is 518 g/mol. The van der Waals surface area contributed by atoms with E-state index in [0.717, 1.165) is 22.4 Å². The van der Waals surface area contributed by atoms with Gasteiger partial charge in [-0.3, -0.25) is 9.59 Å². The highest BCUT2D eigenvalue weighted by molar-refractivity contribution is 6.15. The molecule has 2 aliphatic rings. The smallest absolute Gasteiger partial charge is 0.312 e. The molecule has 39 heavy (non-hydrogen) atoms. The number of para-hydroxylation sites is 1. The summed E-state index contributed by atoms with van der Waals surface area (Å²) in [5, 5.41) is 0. The highest BCUT2D eigenvalue weighted by Crippen LogP contribution is 2.50. The molecule has 0 bridgehead atoms. The molecule has 2 heterocycles. The lowest BCUT2D eigenvalue weighted by Crippen LogP contribution is -2.22. The molecule has 194 valence electrons. The number of allylic oxidation sites excluding steroid dienone is 1. The summed E-state index contributed by atoms with van der Waals surface area (Å²) in [6, 6.07) is 28.4. The number of benzene rings is 4. The molecule has 0 amide bonds. The SMILES string of the molecule is COc1ccc(CCOc2ccccc2[C@H]2CC(=O)Oc3ccc4c(c32)O/C(=C\c2ccccc2)C4=O)cc1. The molecule has 6 nitrogen and oxygen atoms in total. The van der Waals surface area contributed by atoms with Crippen molar-refractivity contribution < 1.29 is 28.5 Å². The zero-order valence-electron chi connectivity index (χ0n) is 21.4. The summed E-state index contributed by atoms with van der Waals surface area (Å²) in [6.45, 7) is 0.458. The van der Waals surface area contributed by atoms with Crippen LogP contribution in [0.15, 0.2) is 96.8 Å². The Balaban J connectivity index is 1.31. The molecule has 0 radical (unpaired) electrons. The number of methoxy groups -OCH3 is 1. The molecule has 0 aliphatic carbocycles. The number of hydrogen-bond acceptors (Lipinski definition) is 6. The van der Waals surface area contributed by atoms with Gasteiger partial charge in [-0.15, -0.1) is 0 Å². The van der Waals surface area contributed by atoms with Crippen LogP contribution in [0.4, 0.5) is 0 Å². The molecule has 2 aliphatic heterocycles. The summed E-state index contributed by atoms with van der Waals surface area (Å²) in [5.74, 6) is 1.63. The van der Waals surface area contributed by atoms with Crippen LogP contribution in [0.1, 0.15) is 45.0 Å². The van der Waals surface area contributed by atoms with Gasteiger partial charge in [-0.2, -0.15) is 0 Å². The van der Waals surface area contributed by atoms with Crippen molar-refractivity contribution in [2.24, 2.45) is 0 Å². The second kappa shape index (κ2) is 10.5. The van der Waals surface area contributed by atoms with Crippen molar-refractivity contribution in [3.8, 4) is 23.0 Å². The minimum absolute atomic E-state index is 0.109. The predicted octanol–water partition coefficient (Wildman–Crippen LogP) is 6.37. The van der Waals surface area contributed by atoms with Crippen molar-refractivity contribution in [1.82, 2.24) is 0 Å². The molecule has 0 spiro atoms.